The van der Waals surface area contributed by atoms with Crippen molar-refractivity contribution in [1.29, 1.82) is 0 Å². The van der Waals surface area contributed by atoms with E-state index in [-0.39, 0.29) is 12.3 Å². The van der Waals surface area contributed by atoms with Crippen molar-refractivity contribution in [3.8, 4) is 0 Å². The Morgan fingerprint density at radius 3 is 2.08 bits per heavy atom. The third kappa shape index (κ3) is 3.29. The van der Waals surface area contributed by atoms with Crippen LogP contribution < -0.4 is 5.73 Å². The third-order valence-electron chi connectivity index (χ3n) is 1.80. The van der Waals surface area contributed by atoms with Crippen molar-refractivity contribution in [1.82, 2.24) is 0 Å². The molecule has 0 fully saturated rings. The summed E-state index contributed by atoms with van der Waals surface area (Å²) in [5.74, 6) is -0.964. The highest BCUT2D eigenvalue weighted by Crippen LogP contribution is 2.17. The fraction of sp³-hybridized carbons (Fsp3) is 0.833. The van der Waals surface area contributed by atoms with Crippen LogP contribution in [0.5, 0.6) is 0 Å². The molecule has 0 amide bonds. The zero-order chi connectivity index (χ0) is 9.99. The molecule has 0 aliphatic heterocycles. The van der Waals surface area contributed by atoms with Gasteiger partial charge in [0.1, 0.15) is 5.78 Å². The molecule has 3 N–H and O–H groups in total. The minimum atomic E-state index is -4.14. The minimum Gasteiger partial charge on any atom is -0.329 e. The molecule has 0 aliphatic rings. The van der Waals surface area contributed by atoms with Crippen LogP contribution in [0.3, 0.4) is 0 Å². The van der Waals surface area contributed by atoms with Crippen LogP contribution in [0.15, 0.2) is 0 Å². The number of hydrogen-bond acceptors (Lipinski definition) is 4. The van der Waals surface area contributed by atoms with Crippen LogP contribution in [0.1, 0.15) is 13.8 Å². The topological polar surface area (TPSA) is 97.5 Å². The predicted molar refractivity (Wildman–Crippen MR) is 44.3 cm³/mol. The fourth-order valence-electron chi connectivity index (χ4n) is 0.707. The van der Waals surface area contributed by atoms with E-state index in [9.17, 15) is 13.2 Å². The van der Waals surface area contributed by atoms with Crippen molar-refractivity contribution in [2.24, 2.45) is 11.1 Å². The largest absolute Gasteiger partial charge is 0.329 e. The molecular formula is C6H13NO4S. The van der Waals surface area contributed by atoms with Gasteiger partial charge in [0.15, 0.2) is 0 Å². The van der Waals surface area contributed by atoms with E-state index >= 15 is 0 Å². The zero-order valence-electron chi connectivity index (χ0n) is 7.07. The highest BCUT2D eigenvalue weighted by atomic mass is 32.2. The monoisotopic (exact) mass is 195 g/mol. The maximum Gasteiger partial charge on any atom is 0.265 e. The van der Waals surface area contributed by atoms with E-state index in [0.717, 1.165) is 0 Å². The molecule has 5 nitrogen and oxygen atoms in total. The Kier molecular flexibility index (Phi) is 3.37. The first-order valence-corrected chi connectivity index (χ1v) is 4.98. The molecule has 12 heavy (non-hydrogen) atoms. The zero-order valence-corrected chi connectivity index (χ0v) is 7.89. The van der Waals surface area contributed by atoms with Gasteiger partial charge in [-0.1, -0.05) is 6.92 Å². The predicted octanol–water partition coefficient (Wildman–Crippen LogP) is -0.572. The third-order valence-corrected chi connectivity index (χ3v) is 2.80. The van der Waals surface area contributed by atoms with Gasteiger partial charge in [0, 0.05) is 6.54 Å². The van der Waals surface area contributed by atoms with Gasteiger partial charge in [0.2, 0.25) is 0 Å². The second-order valence-corrected chi connectivity index (χ2v) is 4.50. The van der Waals surface area contributed by atoms with Crippen molar-refractivity contribution in [2.45, 2.75) is 13.8 Å². The summed E-state index contributed by atoms with van der Waals surface area (Å²) in [4.78, 5) is 10.9. The van der Waals surface area contributed by atoms with E-state index in [1.54, 1.807) is 0 Å². The summed E-state index contributed by atoms with van der Waals surface area (Å²) in [6.07, 6.45) is 0. The summed E-state index contributed by atoms with van der Waals surface area (Å²) < 4.78 is 29.4. The first kappa shape index (κ1) is 11.5. The van der Waals surface area contributed by atoms with Gasteiger partial charge in [-0.3, -0.25) is 9.35 Å². The number of carbonyl (C=O) groups excluding carboxylic acids is 1. The molecule has 0 rings (SSSR count). The maximum atomic E-state index is 10.9. The summed E-state index contributed by atoms with van der Waals surface area (Å²) in [7, 11) is -4.14. The van der Waals surface area contributed by atoms with Gasteiger partial charge in [0.25, 0.3) is 10.1 Å². The van der Waals surface area contributed by atoms with Crippen molar-refractivity contribution in [3.63, 3.8) is 0 Å². The Hall–Kier alpha value is -0.460. The van der Waals surface area contributed by atoms with E-state index in [2.05, 4.69) is 0 Å². The van der Waals surface area contributed by atoms with Gasteiger partial charge in [-0.15, -0.1) is 0 Å². The standard InChI is InChI=1S/C6H13NO4S/c1-5(8)6(2,3-7)4-12(9,10)11/h3-4,7H2,1-2H3,(H,9,10,11). The maximum absolute atomic E-state index is 10.9. The molecule has 0 aliphatic carbocycles. The van der Waals surface area contributed by atoms with Crippen molar-refractivity contribution < 1.29 is 17.8 Å². The van der Waals surface area contributed by atoms with Crippen molar-refractivity contribution >= 4 is 15.9 Å². The lowest BCUT2D eigenvalue weighted by Gasteiger charge is -2.22. The number of Topliss-reactive ketones (excluding diaryl/α,β-unsaturated/α-hetero) is 1. The molecule has 1 unspecified atom stereocenters. The molecule has 0 aromatic rings. The quantitative estimate of drug-likeness (QED) is 0.585. The molecule has 6 heteroatoms. The Bertz CT molecular complexity index is 271. The summed E-state index contributed by atoms with van der Waals surface area (Å²) >= 11 is 0. The Morgan fingerprint density at radius 2 is 2.00 bits per heavy atom. The lowest BCUT2D eigenvalue weighted by atomic mass is 9.89. The van der Waals surface area contributed by atoms with Crippen LogP contribution in [-0.4, -0.2) is 31.1 Å². The van der Waals surface area contributed by atoms with Crippen LogP contribution in [0.4, 0.5) is 0 Å². The summed E-state index contributed by atoms with van der Waals surface area (Å²) in [5, 5.41) is 0. The Balaban J connectivity index is 4.69. The lowest BCUT2D eigenvalue weighted by Crippen LogP contribution is -2.40. The van der Waals surface area contributed by atoms with Gasteiger partial charge < -0.3 is 5.73 Å². The molecular weight excluding hydrogens is 182 g/mol. The molecule has 0 spiro atoms. The number of carbonyl (C=O) groups is 1. The van der Waals surface area contributed by atoms with E-state index in [0.29, 0.717) is 0 Å². The normalized spacial score (nSPS) is 17.0. The average molecular weight is 195 g/mol. The van der Waals surface area contributed by atoms with Gasteiger partial charge in [-0.2, -0.15) is 8.42 Å². The Labute approximate surface area is 71.7 Å². The van der Waals surface area contributed by atoms with Crippen molar-refractivity contribution in [3.05, 3.63) is 0 Å². The fourth-order valence-corrected chi connectivity index (χ4v) is 1.83. The highest BCUT2D eigenvalue weighted by molar-refractivity contribution is 7.85. The number of nitrogens with two attached hydrogens (primary N) is 1. The van der Waals surface area contributed by atoms with E-state index in [1.165, 1.54) is 13.8 Å². The molecule has 0 heterocycles. The second kappa shape index (κ2) is 3.51. The molecule has 0 bridgehead atoms. The SMILES string of the molecule is CC(=O)C(C)(CN)CS(=O)(=O)O. The second-order valence-electron chi connectivity index (χ2n) is 3.05. The molecule has 0 aromatic carbocycles. The highest BCUT2D eigenvalue weighted by Gasteiger charge is 2.33. The minimum absolute atomic E-state index is 0.0951. The molecule has 1 atom stereocenters. The molecule has 0 radical (unpaired) electrons. The van der Waals surface area contributed by atoms with Crippen LogP contribution in [-0.2, 0) is 14.9 Å². The molecule has 72 valence electrons. The number of rotatable bonds is 4. The van der Waals surface area contributed by atoms with Gasteiger partial charge >= 0.3 is 0 Å². The first-order chi connectivity index (χ1) is 5.21. The van der Waals surface area contributed by atoms with E-state index in [4.69, 9.17) is 10.3 Å². The number of ketones is 1. The van der Waals surface area contributed by atoms with Crippen LogP contribution in [0.25, 0.3) is 0 Å². The lowest BCUT2D eigenvalue weighted by molar-refractivity contribution is -0.124. The molecule has 0 saturated heterocycles. The average Bonchev–Trinajstić information content (AvgIpc) is 1.83. The Morgan fingerprint density at radius 1 is 1.58 bits per heavy atom. The van der Waals surface area contributed by atoms with Crippen LogP contribution >= 0.6 is 0 Å². The summed E-state index contributed by atoms with van der Waals surface area (Å²) in [6.45, 7) is 2.56. The van der Waals surface area contributed by atoms with E-state index < -0.39 is 21.3 Å². The van der Waals surface area contributed by atoms with Gasteiger partial charge in [-0.05, 0) is 6.92 Å². The molecule has 0 aromatic heterocycles. The summed E-state index contributed by atoms with van der Waals surface area (Å²) in [5.41, 5.74) is 4.05. The first-order valence-electron chi connectivity index (χ1n) is 3.37. The van der Waals surface area contributed by atoms with Crippen LogP contribution in [0, 0.1) is 5.41 Å². The van der Waals surface area contributed by atoms with Crippen molar-refractivity contribution in [2.75, 3.05) is 12.3 Å². The molecule has 0 saturated carbocycles. The van der Waals surface area contributed by atoms with Crippen LogP contribution in [0.2, 0.25) is 0 Å². The van der Waals surface area contributed by atoms with E-state index in [1.807, 2.05) is 0 Å². The number of hydrogen-bond donors (Lipinski definition) is 2. The summed E-state index contributed by atoms with van der Waals surface area (Å²) in [6, 6.07) is 0. The van der Waals surface area contributed by atoms with Gasteiger partial charge in [0.05, 0.1) is 11.2 Å². The smallest absolute Gasteiger partial charge is 0.265 e. The van der Waals surface area contributed by atoms with Gasteiger partial charge in [-0.25, -0.2) is 0 Å².